The van der Waals surface area contributed by atoms with Crippen LogP contribution in [0.3, 0.4) is 0 Å². The summed E-state index contributed by atoms with van der Waals surface area (Å²) in [7, 11) is -3.29. The molecule has 0 unspecified atom stereocenters. The maximum Gasteiger partial charge on any atom is 0.268 e. The smallest absolute Gasteiger partial charge is 0.268 e. The van der Waals surface area contributed by atoms with Crippen molar-refractivity contribution in [2.75, 3.05) is 11.1 Å². The van der Waals surface area contributed by atoms with E-state index in [1.165, 1.54) is 12.1 Å². The number of thiophene rings is 1. The summed E-state index contributed by atoms with van der Waals surface area (Å²) >= 11 is 14.9. The number of amides is 1. The van der Waals surface area contributed by atoms with Gasteiger partial charge in [-0.2, -0.15) is 4.98 Å². The molecule has 4 aromatic rings. The molecule has 0 radical (unpaired) electrons. The predicted octanol–water partition coefficient (Wildman–Crippen LogP) is 6.47. The lowest BCUT2D eigenvalue weighted by molar-refractivity contribution is -0.115. The lowest BCUT2D eigenvalue weighted by Gasteiger charge is -2.17. The zero-order valence-corrected chi connectivity index (χ0v) is 23.2. The molecule has 2 heterocycles. The Balaban J connectivity index is 1.32. The van der Waals surface area contributed by atoms with Crippen molar-refractivity contribution in [3.05, 3.63) is 80.4 Å². The molecule has 1 aliphatic carbocycles. The Labute approximate surface area is 228 Å². The average molecular weight is 577 g/mol. The van der Waals surface area contributed by atoms with Gasteiger partial charge in [-0.05, 0) is 61.7 Å². The van der Waals surface area contributed by atoms with Gasteiger partial charge in [0.15, 0.2) is 15.7 Å². The summed E-state index contributed by atoms with van der Waals surface area (Å²) in [6.45, 7) is 3.61. The van der Waals surface area contributed by atoms with Crippen molar-refractivity contribution in [2.24, 2.45) is 0 Å². The minimum atomic E-state index is -3.29. The molecule has 192 valence electrons. The van der Waals surface area contributed by atoms with Crippen molar-refractivity contribution < 1.29 is 17.7 Å². The van der Waals surface area contributed by atoms with Crippen LogP contribution in [0, 0.1) is 6.92 Å². The first-order chi connectivity index (χ1) is 17.6. The Morgan fingerprint density at radius 3 is 2.35 bits per heavy atom. The second-order valence-corrected chi connectivity index (χ2v) is 13.4. The topological polar surface area (TPSA) is 102 Å². The zero-order chi connectivity index (χ0) is 26.4. The third kappa shape index (κ3) is 5.18. The van der Waals surface area contributed by atoms with Gasteiger partial charge in [0.2, 0.25) is 5.91 Å². The molecule has 2 aromatic heterocycles. The van der Waals surface area contributed by atoms with Gasteiger partial charge in [-0.1, -0.05) is 47.4 Å². The molecule has 1 N–H and O–H groups in total. The highest BCUT2D eigenvalue weighted by atomic mass is 35.5. The van der Waals surface area contributed by atoms with Crippen molar-refractivity contribution in [3.63, 3.8) is 0 Å². The molecule has 0 saturated heterocycles. The second-order valence-electron chi connectivity index (χ2n) is 9.00. The molecule has 1 fully saturated rings. The first kappa shape index (κ1) is 25.9. The molecule has 0 aliphatic heterocycles. The molecule has 1 saturated carbocycles. The van der Waals surface area contributed by atoms with Crippen LogP contribution in [0.2, 0.25) is 10.0 Å². The van der Waals surface area contributed by atoms with Gasteiger partial charge >= 0.3 is 0 Å². The van der Waals surface area contributed by atoms with E-state index in [4.69, 9.17) is 27.7 Å². The largest absolute Gasteiger partial charge is 0.333 e. The summed E-state index contributed by atoms with van der Waals surface area (Å²) in [6, 6.07) is 13.6. The van der Waals surface area contributed by atoms with E-state index in [-0.39, 0.29) is 23.0 Å². The van der Waals surface area contributed by atoms with E-state index in [0.29, 0.717) is 33.0 Å². The predicted molar refractivity (Wildman–Crippen MR) is 145 cm³/mol. The number of carbonyl (C=O) groups is 1. The first-order valence-corrected chi connectivity index (χ1v) is 14.9. The molecule has 0 atom stereocenters. The van der Waals surface area contributed by atoms with Crippen LogP contribution in [0.5, 0.6) is 0 Å². The summed E-state index contributed by atoms with van der Waals surface area (Å²) in [5.41, 5.74) is 1.35. The van der Waals surface area contributed by atoms with Gasteiger partial charge in [0.1, 0.15) is 0 Å². The van der Waals surface area contributed by atoms with E-state index in [0.717, 1.165) is 28.2 Å². The van der Waals surface area contributed by atoms with Gasteiger partial charge in [-0.15, -0.1) is 11.3 Å². The van der Waals surface area contributed by atoms with E-state index in [2.05, 4.69) is 15.5 Å². The van der Waals surface area contributed by atoms with Crippen LogP contribution in [0.1, 0.15) is 41.6 Å². The highest BCUT2D eigenvalue weighted by Gasteiger charge is 2.52. The van der Waals surface area contributed by atoms with Crippen molar-refractivity contribution in [1.82, 2.24) is 10.1 Å². The third-order valence-electron chi connectivity index (χ3n) is 6.39. The third-order valence-corrected chi connectivity index (χ3v) is 9.72. The van der Waals surface area contributed by atoms with Crippen LogP contribution in [0.4, 0.5) is 5.69 Å². The zero-order valence-electron chi connectivity index (χ0n) is 20.0. The molecule has 0 bridgehead atoms. The summed E-state index contributed by atoms with van der Waals surface area (Å²) in [5.74, 6) is 0.757. The van der Waals surface area contributed by atoms with E-state index in [1.54, 1.807) is 42.5 Å². The number of rotatable bonds is 8. The van der Waals surface area contributed by atoms with Crippen molar-refractivity contribution in [2.45, 2.75) is 43.4 Å². The van der Waals surface area contributed by atoms with E-state index >= 15 is 0 Å². The van der Waals surface area contributed by atoms with Gasteiger partial charge in [-0.3, -0.25) is 4.79 Å². The summed E-state index contributed by atoms with van der Waals surface area (Å²) in [5, 5.41) is 7.88. The Hall–Kier alpha value is -2.72. The van der Waals surface area contributed by atoms with Crippen LogP contribution in [-0.2, 0) is 26.5 Å². The highest BCUT2D eigenvalue weighted by molar-refractivity contribution is 7.91. The van der Waals surface area contributed by atoms with Crippen LogP contribution in [-0.4, -0.2) is 30.2 Å². The summed E-state index contributed by atoms with van der Waals surface area (Å²) < 4.78 is 29.5. The number of nitrogens with one attached hydrogen (secondary N) is 1. The number of benzene rings is 2. The molecule has 37 heavy (non-hydrogen) atoms. The standard InChI is InChI=1S/C26H23Cl2N3O4S2/c1-3-37(33,34)18-7-5-16(6-8-18)12-22(32)29-17-13-19(27)23(20(28)14-17)26(10-11-26)25-30-24(35-31-25)21-9-4-15(2)36-21/h4-9,13-14H,3,10-12H2,1-2H3,(H,29,32). The Morgan fingerprint density at radius 2 is 1.78 bits per heavy atom. The highest BCUT2D eigenvalue weighted by Crippen LogP contribution is 2.57. The van der Waals surface area contributed by atoms with Gasteiger partial charge < -0.3 is 9.84 Å². The summed E-state index contributed by atoms with van der Waals surface area (Å²) in [6.07, 6.45) is 1.63. The Bertz CT molecular complexity index is 1570. The molecule has 0 spiro atoms. The number of anilines is 1. The number of aryl methyl sites for hydroxylation is 1. The lowest BCUT2D eigenvalue weighted by Crippen LogP contribution is -2.16. The normalized spacial score (nSPS) is 14.5. The van der Waals surface area contributed by atoms with Crippen molar-refractivity contribution >= 4 is 56.0 Å². The van der Waals surface area contributed by atoms with Gasteiger partial charge in [-0.25, -0.2) is 8.42 Å². The van der Waals surface area contributed by atoms with Gasteiger partial charge in [0.25, 0.3) is 5.89 Å². The molecule has 7 nitrogen and oxygen atoms in total. The number of hydrogen-bond acceptors (Lipinski definition) is 7. The Kier molecular flexibility index (Phi) is 6.91. The number of halogens is 2. The SMILES string of the molecule is CCS(=O)(=O)c1ccc(CC(=O)Nc2cc(Cl)c(C3(c4noc(-c5ccc(C)s5)n4)CC3)c(Cl)c2)cc1. The number of aromatic nitrogens is 2. The number of sulfone groups is 1. The molecule has 2 aromatic carbocycles. The van der Waals surface area contributed by atoms with E-state index < -0.39 is 15.3 Å². The number of hydrogen-bond donors (Lipinski definition) is 1. The summed E-state index contributed by atoms with van der Waals surface area (Å²) in [4.78, 5) is 19.6. The fourth-order valence-electron chi connectivity index (χ4n) is 4.25. The van der Waals surface area contributed by atoms with Gasteiger partial charge in [0, 0.05) is 26.2 Å². The van der Waals surface area contributed by atoms with Crippen LogP contribution in [0.15, 0.2) is 57.9 Å². The van der Waals surface area contributed by atoms with Crippen LogP contribution in [0.25, 0.3) is 10.8 Å². The molecule has 1 aliphatic rings. The van der Waals surface area contributed by atoms with E-state index in [9.17, 15) is 13.2 Å². The maximum absolute atomic E-state index is 12.7. The number of carbonyl (C=O) groups excluding carboxylic acids is 1. The van der Waals surface area contributed by atoms with Crippen LogP contribution < -0.4 is 5.32 Å². The average Bonchev–Trinajstić information content (AvgIpc) is 3.26. The van der Waals surface area contributed by atoms with Crippen molar-refractivity contribution in [1.29, 1.82) is 0 Å². The molecule has 5 rings (SSSR count). The Morgan fingerprint density at radius 1 is 1.11 bits per heavy atom. The lowest BCUT2D eigenvalue weighted by atomic mass is 9.94. The fourth-order valence-corrected chi connectivity index (χ4v) is 6.77. The molecule has 11 heteroatoms. The van der Waals surface area contributed by atoms with E-state index in [1.807, 2.05) is 19.1 Å². The first-order valence-electron chi connectivity index (χ1n) is 11.6. The molecule has 1 amide bonds. The minimum absolute atomic E-state index is 0.0217. The van der Waals surface area contributed by atoms with Gasteiger partial charge in [0.05, 0.1) is 27.4 Å². The monoisotopic (exact) mass is 575 g/mol. The maximum atomic E-state index is 12.7. The molecular formula is C26H23Cl2N3O4S2. The fraction of sp³-hybridized carbons (Fsp3) is 0.269. The minimum Gasteiger partial charge on any atom is -0.333 e. The number of nitrogens with zero attached hydrogens (tertiary/aromatic N) is 2. The van der Waals surface area contributed by atoms with Crippen molar-refractivity contribution in [3.8, 4) is 10.8 Å². The second kappa shape index (κ2) is 9.87. The van der Waals surface area contributed by atoms with Crippen LogP contribution >= 0.6 is 34.5 Å². The quantitative estimate of drug-likeness (QED) is 0.258. The molecular weight excluding hydrogens is 553 g/mol.